The summed E-state index contributed by atoms with van der Waals surface area (Å²) in [4.78, 5) is 31.8. The Morgan fingerprint density at radius 1 is 1.04 bits per heavy atom. The summed E-state index contributed by atoms with van der Waals surface area (Å²) < 4.78 is 14.7. The summed E-state index contributed by atoms with van der Waals surface area (Å²) in [7, 11) is -0.732. The second kappa shape index (κ2) is 15.8. The summed E-state index contributed by atoms with van der Waals surface area (Å²) in [5, 5.41) is 24.2. The van der Waals surface area contributed by atoms with Crippen LogP contribution in [0, 0.1) is 5.92 Å². The number of halogens is 1. The fourth-order valence-corrected chi connectivity index (χ4v) is 13.7. The van der Waals surface area contributed by atoms with Crippen molar-refractivity contribution in [2.45, 2.75) is 62.7 Å². The van der Waals surface area contributed by atoms with E-state index in [9.17, 15) is 9.90 Å². The quantitative estimate of drug-likeness (QED) is 0.151. The van der Waals surface area contributed by atoms with E-state index in [1.54, 1.807) is 12.0 Å². The van der Waals surface area contributed by atoms with E-state index >= 15 is 4.79 Å². The average Bonchev–Trinajstić information content (AvgIpc) is 3.88. The fourth-order valence-electron chi connectivity index (χ4n) is 9.49. The van der Waals surface area contributed by atoms with Crippen LogP contribution in [0.3, 0.4) is 0 Å². The van der Waals surface area contributed by atoms with Crippen molar-refractivity contribution in [1.82, 2.24) is 20.3 Å². The molecule has 57 heavy (non-hydrogen) atoms. The van der Waals surface area contributed by atoms with Crippen LogP contribution in [0.2, 0.25) is 23.7 Å². The number of anilines is 2. The zero-order valence-corrected chi connectivity index (χ0v) is 34.5. The van der Waals surface area contributed by atoms with Crippen molar-refractivity contribution in [3.05, 3.63) is 131 Å². The maximum atomic E-state index is 15.3. The molecule has 0 radical (unpaired) electrons. The Labute approximate surface area is 339 Å². The van der Waals surface area contributed by atoms with E-state index in [4.69, 9.17) is 21.1 Å². The third-order valence-electron chi connectivity index (χ3n) is 12.4. The number of aromatic nitrogens is 3. The molecule has 2 N–H and O–H groups in total. The molecule has 0 bridgehead atoms. The molecule has 5 atom stereocenters. The Balaban J connectivity index is 1.14. The van der Waals surface area contributed by atoms with E-state index in [1.165, 1.54) is 5.19 Å². The lowest BCUT2D eigenvalue weighted by molar-refractivity contribution is -0.146. The molecule has 4 aromatic carbocycles. The molecule has 0 saturated carbocycles. The monoisotopic (exact) mass is 804 g/mol. The number of benzene rings is 4. The van der Waals surface area contributed by atoms with Crippen LogP contribution in [-0.4, -0.2) is 79.4 Å². The molecule has 4 heterocycles. The topological polar surface area (TPSA) is 122 Å². The van der Waals surface area contributed by atoms with Gasteiger partial charge in [0.05, 0.1) is 58.3 Å². The molecule has 0 aliphatic carbocycles. The molecule has 3 aliphatic heterocycles. The van der Waals surface area contributed by atoms with Crippen molar-refractivity contribution >= 4 is 48.1 Å². The zero-order valence-electron chi connectivity index (χ0n) is 32.8. The summed E-state index contributed by atoms with van der Waals surface area (Å²) in [5.41, 5.74) is 3.70. The second-order valence-electron chi connectivity index (χ2n) is 15.9. The van der Waals surface area contributed by atoms with Gasteiger partial charge in [0.2, 0.25) is 5.91 Å². The van der Waals surface area contributed by atoms with Crippen molar-refractivity contribution in [2.75, 3.05) is 43.2 Å². The Kier molecular flexibility index (Phi) is 10.8. The molecular formula is C44H49ClN6O5Si. The number of methoxy groups -OCH3 is 1. The molecule has 296 valence electrons. The number of aryl methyl sites for hydroxylation is 1. The van der Waals surface area contributed by atoms with Crippen LogP contribution < -0.4 is 25.0 Å². The highest BCUT2D eigenvalue weighted by Crippen LogP contribution is 2.60. The zero-order chi connectivity index (χ0) is 39.9. The van der Waals surface area contributed by atoms with Crippen molar-refractivity contribution in [3.8, 4) is 5.75 Å². The van der Waals surface area contributed by atoms with Crippen molar-refractivity contribution in [2.24, 2.45) is 5.92 Å². The van der Waals surface area contributed by atoms with Gasteiger partial charge in [0.1, 0.15) is 5.75 Å². The molecule has 2 amide bonds. The molecular weight excluding hydrogens is 756 g/mol. The Morgan fingerprint density at radius 2 is 1.82 bits per heavy atom. The number of nitrogens with one attached hydrogen (secondary N) is 1. The lowest BCUT2D eigenvalue weighted by Gasteiger charge is -2.37. The summed E-state index contributed by atoms with van der Waals surface area (Å²) in [6.45, 7) is 9.24. The SMILES string of the molecule is COc1ccc([Si](C)(C)[C@@H]2[C@@H](CCn3cc(C(CO)c4ccccc4)nn3)O[C@]3(C(=O)N(Cc4cccc(N5CCNCC5=O)c4)c4ccc(Cl)cc43)[C@H]2C)cc1. The first-order valence-electron chi connectivity index (χ1n) is 19.7. The highest BCUT2D eigenvalue weighted by molar-refractivity contribution is 6.91. The van der Waals surface area contributed by atoms with Gasteiger partial charge in [-0.25, -0.2) is 0 Å². The summed E-state index contributed by atoms with van der Waals surface area (Å²) in [6, 6.07) is 31.7. The van der Waals surface area contributed by atoms with Crippen LogP contribution >= 0.6 is 11.6 Å². The molecule has 1 spiro atoms. The third-order valence-corrected chi connectivity index (χ3v) is 17.0. The molecule has 13 heteroatoms. The highest BCUT2D eigenvalue weighted by atomic mass is 35.5. The number of nitrogens with zero attached hydrogens (tertiary/aromatic N) is 5. The molecule has 3 aliphatic rings. The number of carbonyl (C=O) groups is 2. The Bertz CT molecular complexity index is 2250. The van der Waals surface area contributed by atoms with E-state index < -0.39 is 13.7 Å². The molecule has 11 nitrogen and oxygen atoms in total. The van der Waals surface area contributed by atoms with Gasteiger partial charge < -0.3 is 29.7 Å². The Morgan fingerprint density at radius 3 is 2.56 bits per heavy atom. The molecule has 2 saturated heterocycles. The van der Waals surface area contributed by atoms with E-state index in [0.29, 0.717) is 43.3 Å². The minimum Gasteiger partial charge on any atom is -0.497 e. The lowest BCUT2D eigenvalue weighted by atomic mass is 9.82. The van der Waals surface area contributed by atoms with Gasteiger partial charge in [-0.05, 0) is 65.6 Å². The number of hydrogen-bond donors (Lipinski definition) is 2. The predicted molar refractivity (Wildman–Crippen MR) is 224 cm³/mol. The number of piperazine rings is 1. The van der Waals surface area contributed by atoms with Crippen molar-refractivity contribution < 1.29 is 24.2 Å². The second-order valence-corrected chi connectivity index (χ2v) is 21.1. The van der Waals surface area contributed by atoms with E-state index in [-0.39, 0.29) is 41.9 Å². The number of hydrogen-bond acceptors (Lipinski definition) is 8. The first kappa shape index (κ1) is 39.0. The summed E-state index contributed by atoms with van der Waals surface area (Å²) >= 11 is 6.75. The first-order valence-corrected chi connectivity index (χ1v) is 23.1. The van der Waals surface area contributed by atoms with E-state index in [1.807, 2.05) is 101 Å². The van der Waals surface area contributed by atoms with Crippen LogP contribution in [-0.2, 0) is 33.0 Å². The summed E-state index contributed by atoms with van der Waals surface area (Å²) in [6.07, 6.45) is 2.19. The number of aliphatic hydroxyl groups excluding tert-OH is 1. The minimum atomic E-state index is -2.40. The van der Waals surface area contributed by atoms with Crippen LogP contribution in [0.1, 0.15) is 41.6 Å². The van der Waals surface area contributed by atoms with Crippen LogP contribution in [0.4, 0.5) is 11.4 Å². The van der Waals surface area contributed by atoms with Gasteiger partial charge in [-0.15, -0.1) is 5.10 Å². The maximum Gasteiger partial charge on any atom is 0.264 e. The van der Waals surface area contributed by atoms with Gasteiger partial charge >= 0.3 is 0 Å². The van der Waals surface area contributed by atoms with Gasteiger partial charge in [0, 0.05) is 48.0 Å². The highest BCUT2D eigenvalue weighted by Gasteiger charge is 2.66. The lowest BCUT2D eigenvalue weighted by Crippen LogP contribution is -2.51. The van der Waals surface area contributed by atoms with Crippen molar-refractivity contribution in [1.29, 1.82) is 0 Å². The predicted octanol–water partition coefficient (Wildman–Crippen LogP) is 5.85. The van der Waals surface area contributed by atoms with Gasteiger partial charge in [-0.1, -0.05) is 96.6 Å². The third kappa shape index (κ3) is 7.07. The number of rotatable bonds is 12. The number of ether oxygens (including phenoxy) is 2. The largest absolute Gasteiger partial charge is 0.497 e. The number of carbonyl (C=O) groups excluding carboxylic acids is 2. The normalized spacial score (nSPS) is 22.7. The molecule has 8 rings (SSSR count). The van der Waals surface area contributed by atoms with Gasteiger partial charge in [0.25, 0.3) is 5.91 Å². The minimum absolute atomic E-state index is 0.0150. The van der Waals surface area contributed by atoms with E-state index in [2.05, 4.69) is 47.8 Å². The van der Waals surface area contributed by atoms with Crippen LogP contribution in [0.15, 0.2) is 103 Å². The van der Waals surface area contributed by atoms with Crippen LogP contribution in [0.5, 0.6) is 5.75 Å². The molecule has 1 unspecified atom stereocenters. The van der Waals surface area contributed by atoms with Gasteiger partial charge in [0.15, 0.2) is 5.60 Å². The fraction of sp³-hybridized carbons (Fsp3) is 0.364. The molecule has 1 aromatic heterocycles. The summed E-state index contributed by atoms with van der Waals surface area (Å²) in [5.74, 6) is 0.201. The maximum absolute atomic E-state index is 15.3. The number of aliphatic hydroxyl groups is 1. The van der Waals surface area contributed by atoms with Crippen molar-refractivity contribution in [3.63, 3.8) is 0 Å². The number of fused-ring (bicyclic) bond motifs is 2. The average molecular weight is 805 g/mol. The van der Waals surface area contributed by atoms with Gasteiger partial charge in [-0.3, -0.25) is 14.3 Å². The molecule has 2 fully saturated rings. The van der Waals surface area contributed by atoms with Crippen LogP contribution in [0.25, 0.3) is 0 Å². The Hall–Kier alpha value is -4.85. The van der Waals surface area contributed by atoms with E-state index in [0.717, 1.165) is 40.4 Å². The molecule has 5 aromatic rings. The standard InChI is InChI=1S/C44H49ClN6O5Si/c1-29-42(57(3,4)35-16-14-34(55-2)15-17-35)40(19-21-49-27-38(47-48-49)36(28-52)31-10-6-5-7-11-31)56-44(29)37-24-32(45)13-18-39(37)51(43(44)54)26-30-9-8-12-33(23-30)50-22-20-46-25-41(50)53/h5-18,23-24,27,29,36,40,42,46,52H,19-22,25-26,28H2,1-4H3/t29-,36?,40+,42-,44+/m0/s1. The van der Waals surface area contributed by atoms with Gasteiger partial charge in [-0.2, -0.15) is 0 Å². The first-order chi connectivity index (χ1) is 27.5. The smallest absolute Gasteiger partial charge is 0.264 e. The number of amides is 2.